The molecule has 0 aromatic heterocycles. The Morgan fingerprint density at radius 2 is 2.05 bits per heavy atom. The Morgan fingerprint density at radius 1 is 1.35 bits per heavy atom. The molecule has 1 aromatic carbocycles. The number of aryl methyl sites for hydroxylation is 1. The van der Waals surface area contributed by atoms with E-state index in [4.69, 9.17) is 5.11 Å². The summed E-state index contributed by atoms with van der Waals surface area (Å²) in [7, 11) is 0. The highest BCUT2D eigenvalue weighted by Crippen LogP contribution is 2.26. The normalized spacial score (nSPS) is 18.4. The topological polar surface area (TPSA) is 49.3 Å². The molecular formula is C17H25NO2. The molecule has 1 atom stereocenters. The number of hydrogen-bond acceptors (Lipinski definition) is 2. The molecule has 20 heavy (non-hydrogen) atoms. The number of amides is 1. The first-order chi connectivity index (χ1) is 9.52. The Labute approximate surface area is 121 Å². The predicted octanol–water partition coefficient (Wildman–Crippen LogP) is 2.32. The quantitative estimate of drug-likeness (QED) is 0.866. The number of benzene rings is 1. The van der Waals surface area contributed by atoms with Crippen LogP contribution >= 0.6 is 0 Å². The highest BCUT2D eigenvalue weighted by molar-refractivity contribution is 5.79. The molecule has 1 unspecified atom stereocenters. The van der Waals surface area contributed by atoms with Gasteiger partial charge in [0.05, 0.1) is 0 Å². The third-order valence-corrected chi connectivity index (χ3v) is 4.25. The number of aliphatic hydroxyl groups excluding tert-OH is 1. The molecule has 1 aliphatic carbocycles. The maximum Gasteiger partial charge on any atom is 0.223 e. The predicted molar refractivity (Wildman–Crippen MR) is 80.5 cm³/mol. The minimum Gasteiger partial charge on any atom is -0.396 e. The number of carbonyl (C=O) groups is 1. The zero-order valence-electron chi connectivity index (χ0n) is 12.5. The van der Waals surface area contributed by atoms with E-state index in [1.54, 1.807) is 0 Å². The molecule has 0 spiro atoms. The molecule has 0 saturated heterocycles. The number of rotatable bonds is 5. The minimum atomic E-state index is -0.0447. The molecule has 0 bridgehead atoms. The van der Waals surface area contributed by atoms with Crippen LogP contribution in [0.1, 0.15) is 37.8 Å². The van der Waals surface area contributed by atoms with Gasteiger partial charge in [-0.2, -0.15) is 0 Å². The number of aliphatic hydroxyl groups is 1. The van der Waals surface area contributed by atoms with Gasteiger partial charge < -0.3 is 10.4 Å². The fourth-order valence-corrected chi connectivity index (χ4v) is 2.78. The van der Waals surface area contributed by atoms with Gasteiger partial charge in [0.2, 0.25) is 5.91 Å². The molecule has 110 valence electrons. The van der Waals surface area contributed by atoms with Crippen LogP contribution in [0, 0.1) is 11.3 Å². The third-order valence-electron chi connectivity index (χ3n) is 4.25. The Hall–Kier alpha value is -1.35. The molecule has 3 nitrogen and oxygen atoms in total. The van der Waals surface area contributed by atoms with E-state index in [0.29, 0.717) is 13.0 Å². The molecule has 0 fully saturated rings. The van der Waals surface area contributed by atoms with Gasteiger partial charge in [-0.25, -0.2) is 0 Å². The van der Waals surface area contributed by atoms with Crippen LogP contribution in [0.3, 0.4) is 0 Å². The summed E-state index contributed by atoms with van der Waals surface area (Å²) in [5, 5.41) is 12.1. The lowest BCUT2D eigenvalue weighted by molar-refractivity contribution is -0.125. The second-order valence-corrected chi connectivity index (χ2v) is 6.56. The highest BCUT2D eigenvalue weighted by atomic mass is 16.3. The fraction of sp³-hybridized carbons (Fsp3) is 0.588. The summed E-state index contributed by atoms with van der Waals surface area (Å²) in [6.45, 7) is 4.93. The molecule has 0 heterocycles. The van der Waals surface area contributed by atoms with Crippen LogP contribution in [-0.2, 0) is 17.6 Å². The Morgan fingerprint density at radius 3 is 2.75 bits per heavy atom. The van der Waals surface area contributed by atoms with Crippen LogP contribution in [0.2, 0.25) is 0 Å². The van der Waals surface area contributed by atoms with Crippen molar-refractivity contribution in [3.8, 4) is 0 Å². The third kappa shape index (κ3) is 3.83. The van der Waals surface area contributed by atoms with E-state index in [-0.39, 0.29) is 23.8 Å². The standard InChI is InChI=1S/C17H25NO2/c1-17(2,9-10-19)12-18-16(20)15-8-7-13-5-3-4-6-14(13)11-15/h3-6,15,19H,7-12H2,1-2H3,(H,18,20). The van der Waals surface area contributed by atoms with Gasteiger partial charge in [0.1, 0.15) is 0 Å². The van der Waals surface area contributed by atoms with Crippen molar-refractivity contribution in [3.63, 3.8) is 0 Å². The van der Waals surface area contributed by atoms with Gasteiger partial charge >= 0.3 is 0 Å². The van der Waals surface area contributed by atoms with E-state index in [1.807, 2.05) is 6.07 Å². The second kappa shape index (κ2) is 6.40. The highest BCUT2D eigenvalue weighted by Gasteiger charge is 2.26. The van der Waals surface area contributed by atoms with Crippen molar-refractivity contribution in [3.05, 3.63) is 35.4 Å². The van der Waals surface area contributed by atoms with Crippen molar-refractivity contribution >= 4 is 5.91 Å². The summed E-state index contributed by atoms with van der Waals surface area (Å²) in [5.41, 5.74) is 2.66. The van der Waals surface area contributed by atoms with Crippen molar-refractivity contribution < 1.29 is 9.90 Å². The van der Waals surface area contributed by atoms with Crippen molar-refractivity contribution in [2.75, 3.05) is 13.2 Å². The maximum atomic E-state index is 12.3. The summed E-state index contributed by atoms with van der Waals surface area (Å²) in [5.74, 6) is 0.250. The molecule has 2 rings (SSSR count). The molecule has 3 heteroatoms. The van der Waals surface area contributed by atoms with E-state index in [0.717, 1.165) is 19.3 Å². The molecular weight excluding hydrogens is 250 g/mol. The lowest BCUT2D eigenvalue weighted by atomic mass is 9.83. The van der Waals surface area contributed by atoms with Crippen molar-refractivity contribution in [2.45, 2.75) is 39.5 Å². The monoisotopic (exact) mass is 275 g/mol. The summed E-state index contributed by atoms with van der Waals surface area (Å²) in [6.07, 6.45) is 3.49. The number of hydrogen-bond donors (Lipinski definition) is 2. The van der Waals surface area contributed by atoms with Gasteiger partial charge in [0.25, 0.3) is 0 Å². The zero-order chi connectivity index (χ0) is 14.6. The summed E-state index contributed by atoms with van der Waals surface area (Å²) < 4.78 is 0. The summed E-state index contributed by atoms with van der Waals surface area (Å²) in [4.78, 5) is 12.3. The number of fused-ring (bicyclic) bond motifs is 1. The zero-order valence-corrected chi connectivity index (χ0v) is 12.5. The van der Waals surface area contributed by atoms with Gasteiger partial charge in [-0.3, -0.25) is 4.79 Å². The van der Waals surface area contributed by atoms with E-state index in [2.05, 4.69) is 37.4 Å². The first kappa shape index (κ1) is 15.0. The van der Waals surface area contributed by atoms with Crippen LogP contribution < -0.4 is 5.32 Å². The Balaban J connectivity index is 1.89. The van der Waals surface area contributed by atoms with Gasteiger partial charge in [-0.05, 0) is 42.2 Å². The smallest absolute Gasteiger partial charge is 0.223 e. The average Bonchev–Trinajstić information content (AvgIpc) is 2.44. The van der Waals surface area contributed by atoms with Crippen molar-refractivity contribution in [2.24, 2.45) is 11.3 Å². The molecule has 1 amide bonds. The van der Waals surface area contributed by atoms with Gasteiger partial charge in [-0.15, -0.1) is 0 Å². The van der Waals surface area contributed by atoms with E-state index in [9.17, 15) is 4.79 Å². The lowest BCUT2D eigenvalue weighted by Gasteiger charge is -2.27. The first-order valence-corrected chi connectivity index (χ1v) is 7.47. The molecule has 1 aliphatic rings. The van der Waals surface area contributed by atoms with Gasteiger partial charge in [0, 0.05) is 19.1 Å². The van der Waals surface area contributed by atoms with E-state index >= 15 is 0 Å². The van der Waals surface area contributed by atoms with Crippen LogP contribution in [0.15, 0.2) is 24.3 Å². The van der Waals surface area contributed by atoms with Gasteiger partial charge in [0.15, 0.2) is 0 Å². The average molecular weight is 275 g/mol. The largest absolute Gasteiger partial charge is 0.396 e. The molecule has 0 aliphatic heterocycles. The second-order valence-electron chi connectivity index (χ2n) is 6.56. The summed E-state index contributed by atoms with van der Waals surface area (Å²) in [6, 6.07) is 8.40. The van der Waals surface area contributed by atoms with Crippen molar-refractivity contribution in [1.29, 1.82) is 0 Å². The molecule has 2 N–H and O–H groups in total. The van der Waals surface area contributed by atoms with Gasteiger partial charge in [-0.1, -0.05) is 38.1 Å². The fourth-order valence-electron chi connectivity index (χ4n) is 2.78. The molecule has 1 aromatic rings. The maximum absolute atomic E-state index is 12.3. The summed E-state index contributed by atoms with van der Waals surface area (Å²) >= 11 is 0. The van der Waals surface area contributed by atoms with E-state index < -0.39 is 0 Å². The van der Waals surface area contributed by atoms with Crippen LogP contribution in [-0.4, -0.2) is 24.2 Å². The SMILES string of the molecule is CC(C)(CCO)CNC(=O)C1CCc2ccccc2C1. The number of carbonyl (C=O) groups excluding carboxylic acids is 1. The van der Waals surface area contributed by atoms with Crippen molar-refractivity contribution in [1.82, 2.24) is 5.32 Å². The Kier molecular flexibility index (Phi) is 4.81. The molecule has 0 saturated carbocycles. The van der Waals surface area contributed by atoms with Crippen LogP contribution in [0.4, 0.5) is 0 Å². The first-order valence-electron chi connectivity index (χ1n) is 7.47. The lowest BCUT2D eigenvalue weighted by Crippen LogP contribution is -2.39. The molecule has 0 radical (unpaired) electrons. The van der Waals surface area contributed by atoms with E-state index in [1.165, 1.54) is 11.1 Å². The number of nitrogens with one attached hydrogen (secondary N) is 1. The van der Waals surface area contributed by atoms with Crippen LogP contribution in [0.5, 0.6) is 0 Å². The minimum absolute atomic E-state index is 0.0447. The van der Waals surface area contributed by atoms with Crippen LogP contribution in [0.25, 0.3) is 0 Å². The Bertz CT molecular complexity index is 468.